The molecule has 0 aliphatic carbocycles. The highest BCUT2D eigenvalue weighted by Crippen LogP contribution is 2.24. The highest BCUT2D eigenvalue weighted by atomic mass is 32.2. The molecule has 23 heavy (non-hydrogen) atoms. The second-order valence-corrected chi connectivity index (χ2v) is 6.98. The van der Waals surface area contributed by atoms with Gasteiger partial charge in [-0.3, -0.25) is 9.59 Å². The van der Waals surface area contributed by atoms with E-state index in [2.05, 4.69) is 36.5 Å². The Bertz CT molecular complexity index is 576. The molecule has 0 saturated carbocycles. The van der Waals surface area contributed by atoms with E-state index in [1.807, 2.05) is 4.90 Å². The van der Waals surface area contributed by atoms with Crippen molar-refractivity contribution < 1.29 is 9.59 Å². The lowest BCUT2D eigenvalue weighted by atomic mass is 10.0. The molecule has 2 heterocycles. The second-order valence-electron chi connectivity index (χ2n) is 5.94. The Morgan fingerprint density at radius 1 is 1.30 bits per heavy atom. The molecule has 1 N–H and O–H groups in total. The van der Waals surface area contributed by atoms with Crippen molar-refractivity contribution in [2.75, 3.05) is 38.5 Å². The summed E-state index contributed by atoms with van der Waals surface area (Å²) in [5.74, 6) is 0.835. The zero-order chi connectivity index (χ0) is 16.2. The van der Waals surface area contributed by atoms with Crippen LogP contribution in [-0.4, -0.2) is 59.4 Å². The highest BCUT2D eigenvalue weighted by molar-refractivity contribution is 8.13. The molecular formula is C17H23N3O2S. The van der Waals surface area contributed by atoms with Gasteiger partial charge >= 0.3 is 0 Å². The van der Waals surface area contributed by atoms with Gasteiger partial charge in [-0.05, 0) is 17.5 Å². The van der Waals surface area contributed by atoms with E-state index < -0.39 is 0 Å². The normalized spacial score (nSPS) is 21.8. The molecule has 124 valence electrons. The minimum atomic E-state index is 0.0253. The maximum Gasteiger partial charge on any atom is 0.282 e. The van der Waals surface area contributed by atoms with Gasteiger partial charge < -0.3 is 15.1 Å². The lowest BCUT2D eigenvalue weighted by Gasteiger charge is -2.37. The Morgan fingerprint density at radius 2 is 2.09 bits per heavy atom. The van der Waals surface area contributed by atoms with Gasteiger partial charge in [-0.25, -0.2) is 0 Å². The first-order chi connectivity index (χ1) is 11.2. The van der Waals surface area contributed by atoms with E-state index in [-0.39, 0.29) is 23.7 Å². The number of aryl methyl sites for hydroxylation is 1. The SMILES string of the molecule is CCc1ccc(C2CNCCN2C(=O)CN2CCSC2=O)cc1. The van der Waals surface area contributed by atoms with E-state index in [0.29, 0.717) is 13.1 Å². The summed E-state index contributed by atoms with van der Waals surface area (Å²) in [6.07, 6.45) is 1.01. The molecule has 0 radical (unpaired) electrons. The zero-order valence-corrected chi connectivity index (χ0v) is 14.3. The van der Waals surface area contributed by atoms with Gasteiger partial charge in [0.15, 0.2) is 0 Å². The summed E-state index contributed by atoms with van der Waals surface area (Å²) in [5, 5.41) is 3.40. The van der Waals surface area contributed by atoms with Gasteiger partial charge in [0, 0.05) is 31.9 Å². The summed E-state index contributed by atoms with van der Waals surface area (Å²) in [4.78, 5) is 28.0. The summed E-state index contributed by atoms with van der Waals surface area (Å²) in [6, 6.07) is 8.55. The third-order valence-corrected chi connectivity index (χ3v) is 5.40. The lowest BCUT2D eigenvalue weighted by Crippen LogP contribution is -2.51. The fourth-order valence-electron chi connectivity index (χ4n) is 3.10. The van der Waals surface area contributed by atoms with Gasteiger partial charge in [-0.1, -0.05) is 43.0 Å². The molecule has 6 heteroatoms. The number of carbonyl (C=O) groups is 2. The smallest absolute Gasteiger partial charge is 0.282 e. The first-order valence-electron chi connectivity index (χ1n) is 8.19. The van der Waals surface area contributed by atoms with Gasteiger partial charge in [0.25, 0.3) is 5.24 Å². The van der Waals surface area contributed by atoms with Crippen LogP contribution >= 0.6 is 11.8 Å². The minimum Gasteiger partial charge on any atom is -0.332 e. The number of hydrogen-bond acceptors (Lipinski definition) is 4. The summed E-state index contributed by atoms with van der Waals surface area (Å²) in [7, 11) is 0. The number of hydrogen-bond donors (Lipinski definition) is 1. The number of nitrogens with one attached hydrogen (secondary N) is 1. The van der Waals surface area contributed by atoms with Crippen LogP contribution in [0.3, 0.4) is 0 Å². The average molecular weight is 333 g/mol. The number of amides is 2. The molecule has 0 spiro atoms. The maximum absolute atomic E-state index is 12.7. The summed E-state index contributed by atoms with van der Waals surface area (Å²) < 4.78 is 0. The number of thioether (sulfide) groups is 1. The molecule has 1 aromatic rings. The van der Waals surface area contributed by atoms with Gasteiger partial charge in [0.05, 0.1) is 6.04 Å². The standard InChI is InChI=1S/C17H23N3O2S/c1-2-13-3-5-14(6-4-13)15-11-18-7-8-20(15)16(21)12-19-9-10-23-17(19)22/h3-6,15,18H,2,7-12H2,1H3. The zero-order valence-electron chi connectivity index (χ0n) is 13.5. The molecule has 5 nitrogen and oxygen atoms in total. The fraction of sp³-hybridized carbons (Fsp3) is 0.529. The van der Waals surface area contributed by atoms with Crippen molar-refractivity contribution in [1.29, 1.82) is 0 Å². The molecule has 1 aromatic carbocycles. The van der Waals surface area contributed by atoms with Gasteiger partial charge in [0.2, 0.25) is 5.91 Å². The largest absolute Gasteiger partial charge is 0.332 e. The van der Waals surface area contributed by atoms with E-state index >= 15 is 0 Å². The number of piperazine rings is 1. The predicted octanol–water partition coefficient (Wildman–Crippen LogP) is 1.89. The molecule has 2 amide bonds. The Labute approximate surface area is 141 Å². The Balaban J connectivity index is 1.72. The van der Waals surface area contributed by atoms with Crippen LogP contribution in [-0.2, 0) is 11.2 Å². The first-order valence-corrected chi connectivity index (χ1v) is 9.18. The number of nitrogens with zero attached hydrogens (tertiary/aromatic N) is 2. The van der Waals surface area contributed by atoms with E-state index in [4.69, 9.17) is 0 Å². The van der Waals surface area contributed by atoms with E-state index in [9.17, 15) is 9.59 Å². The Kier molecular flexibility index (Phi) is 5.23. The van der Waals surface area contributed by atoms with Crippen molar-refractivity contribution in [3.63, 3.8) is 0 Å². The molecule has 2 aliphatic rings. The van der Waals surface area contributed by atoms with Crippen molar-refractivity contribution in [3.8, 4) is 0 Å². The van der Waals surface area contributed by atoms with E-state index in [0.717, 1.165) is 30.8 Å². The van der Waals surface area contributed by atoms with Crippen molar-refractivity contribution in [2.45, 2.75) is 19.4 Å². The second kappa shape index (κ2) is 7.36. The molecule has 2 saturated heterocycles. The number of rotatable bonds is 4. The van der Waals surface area contributed by atoms with Crippen LogP contribution in [0.5, 0.6) is 0 Å². The van der Waals surface area contributed by atoms with E-state index in [1.165, 1.54) is 17.3 Å². The monoisotopic (exact) mass is 333 g/mol. The predicted molar refractivity (Wildman–Crippen MR) is 92.6 cm³/mol. The third-order valence-electron chi connectivity index (χ3n) is 4.51. The molecular weight excluding hydrogens is 310 g/mol. The molecule has 1 unspecified atom stereocenters. The summed E-state index contributed by atoms with van der Waals surface area (Å²) >= 11 is 1.30. The molecule has 1 atom stereocenters. The molecule has 0 bridgehead atoms. The van der Waals surface area contributed by atoms with E-state index in [1.54, 1.807) is 4.90 Å². The van der Waals surface area contributed by atoms with Crippen molar-refractivity contribution >= 4 is 22.9 Å². The quantitative estimate of drug-likeness (QED) is 0.914. The number of benzene rings is 1. The Hall–Kier alpha value is -1.53. The van der Waals surface area contributed by atoms with Crippen LogP contribution in [0.4, 0.5) is 4.79 Å². The van der Waals surface area contributed by atoms with Crippen LogP contribution in [0.15, 0.2) is 24.3 Å². The summed E-state index contributed by atoms with van der Waals surface area (Å²) in [5.41, 5.74) is 2.46. The lowest BCUT2D eigenvalue weighted by molar-refractivity contribution is -0.135. The van der Waals surface area contributed by atoms with Crippen molar-refractivity contribution in [2.24, 2.45) is 0 Å². The molecule has 0 aromatic heterocycles. The first kappa shape index (κ1) is 16.3. The fourth-order valence-corrected chi connectivity index (χ4v) is 3.92. The maximum atomic E-state index is 12.7. The van der Waals surface area contributed by atoms with Crippen molar-refractivity contribution in [1.82, 2.24) is 15.1 Å². The topological polar surface area (TPSA) is 52.7 Å². The minimum absolute atomic E-state index is 0.0253. The average Bonchev–Trinajstić information content (AvgIpc) is 3.00. The van der Waals surface area contributed by atoms with Crippen LogP contribution < -0.4 is 5.32 Å². The summed E-state index contributed by atoms with van der Waals surface area (Å²) in [6.45, 7) is 5.27. The van der Waals surface area contributed by atoms with Crippen LogP contribution in [0.2, 0.25) is 0 Å². The van der Waals surface area contributed by atoms with Crippen molar-refractivity contribution in [3.05, 3.63) is 35.4 Å². The van der Waals surface area contributed by atoms with Crippen LogP contribution in [0.1, 0.15) is 24.1 Å². The number of carbonyl (C=O) groups excluding carboxylic acids is 2. The molecule has 3 rings (SSSR count). The third kappa shape index (κ3) is 3.70. The van der Waals surface area contributed by atoms with Crippen LogP contribution in [0.25, 0.3) is 0 Å². The van der Waals surface area contributed by atoms with Crippen LogP contribution in [0, 0.1) is 0 Å². The van der Waals surface area contributed by atoms with Gasteiger partial charge in [-0.15, -0.1) is 0 Å². The molecule has 2 aliphatic heterocycles. The Morgan fingerprint density at radius 3 is 2.74 bits per heavy atom. The van der Waals surface area contributed by atoms with Gasteiger partial charge in [-0.2, -0.15) is 0 Å². The highest BCUT2D eigenvalue weighted by Gasteiger charge is 2.31. The van der Waals surface area contributed by atoms with Gasteiger partial charge in [0.1, 0.15) is 6.54 Å². The molecule has 2 fully saturated rings.